The minimum absolute atomic E-state index is 0.00256. The van der Waals surface area contributed by atoms with Crippen LogP contribution < -0.4 is 5.73 Å². The number of pyridine rings is 1. The van der Waals surface area contributed by atoms with E-state index in [1.807, 2.05) is 32.2 Å². The van der Waals surface area contributed by atoms with Crippen molar-refractivity contribution in [1.82, 2.24) is 9.88 Å². The van der Waals surface area contributed by atoms with E-state index in [0.29, 0.717) is 13.1 Å². The molecule has 2 atom stereocenters. The summed E-state index contributed by atoms with van der Waals surface area (Å²) < 4.78 is 0. The second-order valence-electron chi connectivity index (χ2n) is 3.98. The van der Waals surface area contributed by atoms with Gasteiger partial charge < -0.3 is 5.73 Å². The summed E-state index contributed by atoms with van der Waals surface area (Å²) in [6.45, 7) is 3.11. The Morgan fingerprint density at radius 3 is 2.81 bits per heavy atom. The number of rotatable bonds is 5. The van der Waals surface area contributed by atoms with Gasteiger partial charge in [-0.15, -0.1) is 0 Å². The molecular formula is C12H18N4. The third-order valence-electron chi connectivity index (χ3n) is 2.57. The number of nitrogens with two attached hydrogens (primary N) is 1. The Kier molecular flexibility index (Phi) is 4.90. The number of nitrogens with zero attached hydrogens (tertiary/aromatic N) is 3. The van der Waals surface area contributed by atoms with Crippen molar-refractivity contribution in [3.63, 3.8) is 0 Å². The lowest BCUT2D eigenvalue weighted by Crippen LogP contribution is -2.33. The van der Waals surface area contributed by atoms with Gasteiger partial charge in [0.25, 0.3) is 0 Å². The zero-order valence-corrected chi connectivity index (χ0v) is 9.80. The van der Waals surface area contributed by atoms with Gasteiger partial charge in [0.2, 0.25) is 0 Å². The van der Waals surface area contributed by atoms with E-state index in [-0.39, 0.29) is 12.0 Å². The highest BCUT2D eigenvalue weighted by molar-refractivity contribution is 5.09. The second-order valence-corrected chi connectivity index (χ2v) is 3.98. The van der Waals surface area contributed by atoms with Gasteiger partial charge in [0.15, 0.2) is 0 Å². The standard InChI is InChI=1S/C12H18N4/c1-10(7-13)9-16(2)12(8-14)11-5-3-4-6-15-11/h3-6,10,12H,8-9,14H2,1-2H3. The SMILES string of the molecule is CC(C#N)CN(C)C(CN)c1ccccn1. The average Bonchev–Trinajstić information content (AvgIpc) is 2.31. The highest BCUT2D eigenvalue weighted by Crippen LogP contribution is 2.16. The third kappa shape index (κ3) is 3.30. The number of aromatic nitrogens is 1. The molecule has 0 aliphatic carbocycles. The van der Waals surface area contributed by atoms with Crippen molar-refractivity contribution in [2.75, 3.05) is 20.1 Å². The van der Waals surface area contributed by atoms with Gasteiger partial charge in [-0.25, -0.2) is 0 Å². The molecule has 0 radical (unpaired) electrons. The summed E-state index contributed by atoms with van der Waals surface area (Å²) in [5.41, 5.74) is 6.71. The maximum absolute atomic E-state index is 8.79. The largest absolute Gasteiger partial charge is 0.329 e. The maximum atomic E-state index is 8.79. The van der Waals surface area contributed by atoms with Crippen molar-refractivity contribution in [2.24, 2.45) is 11.7 Å². The summed E-state index contributed by atoms with van der Waals surface area (Å²) in [7, 11) is 1.97. The van der Waals surface area contributed by atoms with Crippen LogP contribution in [0.2, 0.25) is 0 Å². The minimum atomic E-state index is 0.00256. The van der Waals surface area contributed by atoms with Crippen molar-refractivity contribution in [1.29, 1.82) is 5.26 Å². The average molecular weight is 218 g/mol. The van der Waals surface area contributed by atoms with E-state index in [2.05, 4.69) is 16.0 Å². The molecule has 1 rings (SSSR count). The predicted octanol–water partition coefficient (Wildman–Crippen LogP) is 1.17. The molecule has 0 aliphatic rings. The zero-order chi connectivity index (χ0) is 12.0. The molecule has 1 aromatic rings. The number of nitriles is 1. The van der Waals surface area contributed by atoms with E-state index in [9.17, 15) is 0 Å². The molecule has 0 fully saturated rings. The van der Waals surface area contributed by atoms with E-state index in [1.165, 1.54) is 0 Å². The fourth-order valence-corrected chi connectivity index (χ4v) is 1.70. The Bertz CT molecular complexity index is 344. The van der Waals surface area contributed by atoms with Gasteiger partial charge in [-0.1, -0.05) is 6.07 Å². The first kappa shape index (κ1) is 12.6. The van der Waals surface area contributed by atoms with E-state index in [4.69, 9.17) is 11.0 Å². The van der Waals surface area contributed by atoms with E-state index >= 15 is 0 Å². The molecule has 2 N–H and O–H groups in total. The molecule has 86 valence electrons. The van der Waals surface area contributed by atoms with Crippen LogP contribution in [-0.4, -0.2) is 30.0 Å². The van der Waals surface area contributed by atoms with Gasteiger partial charge in [0.05, 0.1) is 23.7 Å². The molecule has 0 aromatic carbocycles. The molecule has 0 aliphatic heterocycles. The zero-order valence-electron chi connectivity index (χ0n) is 9.80. The lowest BCUT2D eigenvalue weighted by Gasteiger charge is -2.27. The highest BCUT2D eigenvalue weighted by Gasteiger charge is 2.17. The molecule has 0 bridgehead atoms. The van der Waals surface area contributed by atoms with Crippen molar-refractivity contribution in [2.45, 2.75) is 13.0 Å². The maximum Gasteiger partial charge on any atom is 0.0666 e. The molecule has 0 spiro atoms. The summed E-state index contributed by atoms with van der Waals surface area (Å²) in [5.74, 6) is 0.00256. The van der Waals surface area contributed by atoms with E-state index in [1.54, 1.807) is 6.20 Å². The molecule has 0 saturated heterocycles. The first-order valence-electron chi connectivity index (χ1n) is 5.40. The van der Waals surface area contributed by atoms with Crippen LogP contribution in [0.25, 0.3) is 0 Å². The second kappa shape index (κ2) is 6.21. The first-order chi connectivity index (χ1) is 7.69. The van der Waals surface area contributed by atoms with E-state index < -0.39 is 0 Å². The Morgan fingerprint density at radius 1 is 1.56 bits per heavy atom. The minimum Gasteiger partial charge on any atom is -0.329 e. The van der Waals surface area contributed by atoms with Gasteiger partial charge in [-0.2, -0.15) is 5.26 Å². The molecule has 0 saturated carbocycles. The Hall–Kier alpha value is -1.44. The van der Waals surface area contributed by atoms with Crippen molar-refractivity contribution in [3.8, 4) is 6.07 Å². The molecule has 1 heterocycles. The normalized spacial score (nSPS) is 14.4. The van der Waals surface area contributed by atoms with Crippen molar-refractivity contribution < 1.29 is 0 Å². The lowest BCUT2D eigenvalue weighted by atomic mass is 10.1. The van der Waals surface area contributed by atoms with Crippen LogP contribution >= 0.6 is 0 Å². The van der Waals surface area contributed by atoms with Gasteiger partial charge in [-0.3, -0.25) is 9.88 Å². The molecule has 1 aromatic heterocycles. The van der Waals surface area contributed by atoms with Crippen LogP contribution in [0.1, 0.15) is 18.7 Å². The molecule has 16 heavy (non-hydrogen) atoms. The van der Waals surface area contributed by atoms with Gasteiger partial charge in [0, 0.05) is 19.3 Å². The Labute approximate surface area is 96.7 Å². The van der Waals surface area contributed by atoms with Crippen LogP contribution in [-0.2, 0) is 0 Å². The van der Waals surface area contributed by atoms with Crippen LogP contribution in [0.15, 0.2) is 24.4 Å². The molecule has 4 heteroatoms. The Morgan fingerprint density at radius 2 is 2.31 bits per heavy atom. The number of hydrogen-bond acceptors (Lipinski definition) is 4. The summed E-state index contributed by atoms with van der Waals surface area (Å²) in [6, 6.07) is 8.10. The smallest absolute Gasteiger partial charge is 0.0666 e. The van der Waals surface area contributed by atoms with Crippen molar-refractivity contribution in [3.05, 3.63) is 30.1 Å². The first-order valence-corrected chi connectivity index (χ1v) is 5.40. The lowest BCUT2D eigenvalue weighted by molar-refractivity contribution is 0.230. The fourth-order valence-electron chi connectivity index (χ4n) is 1.70. The van der Waals surface area contributed by atoms with Gasteiger partial charge in [0.1, 0.15) is 0 Å². The number of hydrogen-bond donors (Lipinski definition) is 1. The van der Waals surface area contributed by atoms with Crippen LogP contribution in [0.3, 0.4) is 0 Å². The van der Waals surface area contributed by atoms with Gasteiger partial charge in [-0.05, 0) is 26.1 Å². The molecule has 2 unspecified atom stereocenters. The highest BCUT2D eigenvalue weighted by atomic mass is 15.1. The summed E-state index contributed by atoms with van der Waals surface area (Å²) >= 11 is 0. The van der Waals surface area contributed by atoms with Crippen LogP contribution in [0, 0.1) is 17.2 Å². The van der Waals surface area contributed by atoms with Gasteiger partial charge >= 0.3 is 0 Å². The summed E-state index contributed by atoms with van der Waals surface area (Å²) in [6.07, 6.45) is 1.76. The Balaban J connectivity index is 2.72. The summed E-state index contributed by atoms with van der Waals surface area (Å²) in [4.78, 5) is 6.38. The number of likely N-dealkylation sites (N-methyl/N-ethyl adjacent to an activating group) is 1. The fraction of sp³-hybridized carbons (Fsp3) is 0.500. The predicted molar refractivity (Wildman–Crippen MR) is 63.4 cm³/mol. The topological polar surface area (TPSA) is 65.9 Å². The monoisotopic (exact) mass is 218 g/mol. The van der Waals surface area contributed by atoms with Crippen LogP contribution in [0.5, 0.6) is 0 Å². The summed E-state index contributed by atoms with van der Waals surface area (Å²) in [5, 5.41) is 8.79. The van der Waals surface area contributed by atoms with Crippen molar-refractivity contribution >= 4 is 0 Å². The molecular weight excluding hydrogens is 200 g/mol. The molecule has 0 amide bonds. The quantitative estimate of drug-likeness (QED) is 0.805. The molecule has 4 nitrogen and oxygen atoms in total. The van der Waals surface area contributed by atoms with Crippen LogP contribution in [0.4, 0.5) is 0 Å². The third-order valence-corrected chi connectivity index (χ3v) is 2.57. The van der Waals surface area contributed by atoms with E-state index in [0.717, 1.165) is 5.69 Å².